The Morgan fingerprint density at radius 1 is 1.27 bits per heavy atom. The molecule has 88 valence electrons. The van der Waals surface area contributed by atoms with E-state index < -0.39 is 0 Å². The summed E-state index contributed by atoms with van der Waals surface area (Å²) in [5, 5.41) is 3.67. The molecule has 0 aromatic heterocycles. The maximum absolute atomic E-state index is 5.42. The minimum atomic E-state index is 0.647. The van der Waals surface area contributed by atoms with Crippen LogP contribution in [0.5, 0.6) is 0 Å². The Hall–Kier alpha value is -0.0800. The lowest BCUT2D eigenvalue weighted by Crippen LogP contribution is -2.35. The predicted octanol–water partition coefficient (Wildman–Crippen LogP) is 2.58. The highest BCUT2D eigenvalue weighted by Gasteiger charge is 2.22. The predicted molar refractivity (Wildman–Crippen MR) is 63.0 cm³/mol. The van der Waals surface area contributed by atoms with E-state index in [1.54, 1.807) is 0 Å². The largest absolute Gasteiger partial charge is 0.381 e. The first kappa shape index (κ1) is 11.4. The highest BCUT2D eigenvalue weighted by molar-refractivity contribution is 4.76. The van der Waals surface area contributed by atoms with Crippen LogP contribution in [0.2, 0.25) is 0 Å². The van der Waals surface area contributed by atoms with Gasteiger partial charge in [0.15, 0.2) is 0 Å². The van der Waals surface area contributed by atoms with Crippen molar-refractivity contribution in [1.82, 2.24) is 5.32 Å². The van der Waals surface area contributed by atoms with Gasteiger partial charge in [-0.25, -0.2) is 0 Å². The van der Waals surface area contributed by atoms with E-state index in [1.807, 2.05) is 0 Å². The molecule has 0 aromatic rings. The molecule has 2 unspecified atom stereocenters. The molecule has 15 heavy (non-hydrogen) atoms. The molecule has 2 fully saturated rings. The zero-order valence-electron chi connectivity index (χ0n) is 10.0. The third-order valence-electron chi connectivity index (χ3n) is 4.17. The van der Waals surface area contributed by atoms with Crippen LogP contribution in [0.3, 0.4) is 0 Å². The molecule has 0 bridgehead atoms. The normalized spacial score (nSPS) is 29.8. The van der Waals surface area contributed by atoms with Crippen molar-refractivity contribution in [2.45, 2.75) is 51.5 Å². The van der Waals surface area contributed by atoms with Crippen LogP contribution in [-0.4, -0.2) is 25.8 Å². The van der Waals surface area contributed by atoms with Crippen LogP contribution in [0.1, 0.15) is 45.4 Å². The molecule has 2 atom stereocenters. The van der Waals surface area contributed by atoms with E-state index >= 15 is 0 Å². The standard InChI is InChI=1S/C13H25NO/c1-11(13-7-9-15-10-13)14-8-6-12-4-2-3-5-12/h11-14H,2-10H2,1H3. The first-order valence-corrected chi connectivity index (χ1v) is 6.67. The Morgan fingerprint density at radius 2 is 2.07 bits per heavy atom. The molecular weight excluding hydrogens is 186 g/mol. The lowest BCUT2D eigenvalue weighted by Gasteiger charge is -2.20. The van der Waals surface area contributed by atoms with Crippen molar-refractivity contribution in [3.05, 3.63) is 0 Å². The molecule has 1 aliphatic carbocycles. The molecule has 2 nitrogen and oxygen atoms in total. The van der Waals surface area contributed by atoms with Gasteiger partial charge in [-0.05, 0) is 38.1 Å². The van der Waals surface area contributed by atoms with Crippen molar-refractivity contribution in [3.63, 3.8) is 0 Å². The van der Waals surface area contributed by atoms with Crippen molar-refractivity contribution in [1.29, 1.82) is 0 Å². The second-order valence-electron chi connectivity index (χ2n) is 5.31. The maximum Gasteiger partial charge on any atom is 0.0509 e. The molecular formula is C13H25NO. The fraction of sp³-hybridized carbons (Fsp3) is 1.00. The summed E-state index contributed by atoms with van der Waals surface area (Å²) in [6.07, 6.45) is 8.52. The average molecular weight is 211 g/mol. The van der Waals surface area contributed by atoms with Crippen molar-refractivity contribution < 1.29 is 4.74 Å². The van der Waals surface area contributed by atoms with Gasteiger partial charge in [0.05, 0.1) is 6.61 Å². The Labute approximate surface area is 93.8 Å². The molecule has 1 heterocycles. The Bertz CT molecular complexity index is 171. The Morgan fingerprint density at radius 3 is 2.73 bits per heavy atom. The van der Waals surface area contributed by atoms with Gasteiger partial charge in [-0.1, -0.05) is 25.7 Å². The zero-order chi connectivity index (χ0) is 10.5. The number of rotatable bonds is 5. The molecule has 0 spiro atoms. The first-order chi connectivity index (χ1) is 7.36. The van der Waals surface area contributed by atoms with Crippen molar-refractivity contribution in [3.8, 4) is 0 Å². The minimum Gasteiger partial charge on any atom is -0.381 e. The maximum atomic E-state index is 5.42. The average Bonchev–Trinajstić information content (AvgIpc) is 2.90. The Balaban J connectivity index is 1.56. The van der Waals surface area contributed by atoms with Gasteiger partial charge >= 0.3 is 0 Å². The molecule has 0 radical (unpaired) electrons. The zero-order valence-corrected chi connectivity index (χ0v) is 10.0. The number of hydrogen-bond acceptors (Lipinski definition) is 2. The van der Waals surface area contributed by atoms with Crippen LogP contribution < -0.4 is 5.32 Å². The molecule has 2 aliphatic rings. The third-order valence-corrected chi connectivity index (χ3v) is 4.17. The number of ether oxygens (including phenoxy) is 1. The summed E-state index contributed by atoms with van der Waals surface area (Å²) < 4.78 is 5.42. The first-order valence-electron chi connectivity index (χ1n) is 6.67. The van der Waals surface area contributed by atoms with Gasteiger partial charge in [-0.3, -0.25) is 0 Å². The lowest BCUT2D eigenvalue weighted by atomic mass is 9.99. The molecule has 1 N–H and O–H groups in total. The van der Waals surface area contributed by atoms with Gasteiger partial charge < -0.3 is 10.1 Å². The topological polar surface area (TPSA) is 21.3 Å². The van der Waals surface area contributed by atoms with Crippen LogP contribution in [-0.2, 0) is 4.74 Å². The SMILES string of the molecule is CC(NCCC1CCCC1)C1CCOC1. The van der Waals surface area contributed by atoms with Crippen molar-refractivity contribution in [2.75, 3.05) is 19.8 Å². The molecule has 0 amide bonds. The van der Waals surface area contributed by atoms with Crippen LogP contribution in [0.25, 0.3) is 0 Å². The quantitative estimate of drug-likeness (QED) is 0.754. The van der Waals surface area contributed by atoms with E-state index in [1.165, 1.54) is 45.1 Å². The second kappa shape index (κ2) is 5.86. The molecule has 2 rings (SSSR count). The molecule has 0 aromatic carbocycles. The highest BCUT2D eigenvalue weighted by Crippen LogP contribution is 2.27. The van der Waals surface area contributed by atoms with Crippen LogP contribution in [0.15, 0.2) is 0 Å². The molecule has 1 saturated heterocycles. The van der Waals surface area contributed by atoms with Gasteiger partial charge in [0.1, 0.15) is 0 Å². The molecule has 1 saturated carbocycles. The van der Waals surface area contributed by atoms with E-state index in [9.17, 15) is 0 Å². The summed E-state index contributed by atoms with van der Waals surface area (Å²) in [4.78, 5) is 0. The van der Waals surface area contributed by atoms with Crippen molar-refractivity contribution >= 4 is 0 Å². The molecule has 1 aliphatic heterocycles. The number of hydrogen-bond donors (Lipinski definition) is 1. The van der Waals surface area contributed by atoms with Crippen LogP contribution >= 0.6 is 0 Å². The third kappa shape index (κ3) is 3.46. The van der Waals surface area contributed by atoms with Crippen LogP contribution in [0.4, 0.5) is 0 Å². The summed E-state index contributed by atoms with van der Waals surface area (Å²) >= 11 is 0. The van der Waals surface area contributed by atoms with E-state index in [2.05, 4.69) is 12.2 Å². The monoisotopic (exact) mass is 211 g/mol. The minimum absolute atomic E-state index is 0.647. The van der Waals surface area contributed by atoms with Gasteiger partial charge in [0.25, 0.3) is 0 Å². The Kier molecular flexibility index (Phi) is 4.45. The van der Waals surface area contributed by atoms with Gasteiger partial charge in [-0.15, -0.1) is 0 Å². The fourth-order valence-electron chi connectivity index (χ4n) is 2.93. The molecule has 2 heteroatoms. The van der Waals surface area contributed by atoms with Gasteiger partial charge in [-0.2, -0.15) is 0 Å². The summed E-state index contributed by atoms with van der Waals surface area (Å²) in [6.45, 7) is 5.47. The van der Waals surface area contributed by atoms with E-state index in [0.717, 1.165) is 25.0 Å². The summed E-state index contributed by atoms with van der Waals surface area (Å²) in [6, 6.07) is 0.647. The summed E-state index contributed by atoms with van der Waals surface area (Å²) in [7, 11) is 0. The highest BCUT2D eigenvalue weighted by atomic mass is 16.5. The fourth-order valence-corrected chi connectivity index (χ4v) is 2.93. The van der Waals surface area contributed by atoms with E-state index in [4.69, 9.17) is 4.74 Å². The van der Waals surface area contributed by atoms with Crippen LogP contribution in [0, 0.1) is 11.8 Å². The van der Waals surface area contributed by atoms with Gasteiger partial charge in [0.2, 0.25) is 0 Å². The van der Waals surface area contributed by atoms with Gasteiger partial charge in [0, 0.05) is 12.6 Å². The van der Waals surface area contributed by atoms with E-state index in [0.29, 0.717) is 6.04 Å². The summed E-state index contributed by atoms with van der Waals surface area (Å²) in [5.74, 6) is 1.78. The second-order valence-corrected chi connectivity index (χ2v) is 5.31. The number of nitrogens with one attached hydrogen (secondary N) is 1. The van der Waals surface area contributed by atoms with E-state index in [-0.39, 0.29) is 0 Å². The summed E-state index contributed by atoms with van der Waals surface area (Å²) in [5.41, 5.74) is 0. The van der Waals surface area contributed by atoms with Crippen molar-refractivity contribution in [2.24, 2.45) is 11.8 Å². The smallest absolute Gasteiger partial charge is 0.0509 e. The lowest BCUT2D eigenvalue weighted by molar-refractivity contribution is 0.178.